The summed E-state index contributed by atoms with van der Waals surface area (Å²) >= 11 is 0. The number of rotatable bonds is 6. The van der Waals surface area contributed by atoms with E-state index in [-0.39, 0.29) is 19.1 Å². The zero-order valence-corrected chi connectivity index (χ0v) is 15.5. The number of nitrogens with one attached hydrogen (secondary N) is 1. The topological polar surface area (TPSA) is 64.6 Å². The van der Waals surface area contributed by atoms with E-state index in [1.54, 1.807) is 13.8 Å². The predicted octanol–water partition coefficient (Wildman–Crippen LogP) is 4.03. The third-order valence-corrected chi connectivity index (χ3v) is 4.60. The molecule has 5 heteroatoms. The first-order valence-electron chi connectivity index (χ1n) is 8.85. The summed E-state index contributed by atoms with van der Waals surface area (Å²) in [7, 11) is 0. The van der Waals surface area contributed by atoms with Crippen molar-refractivity contribution >= 4 is 12.1 Å². The Balaban J connectivity index is 1.67. The Morgan fingerprint density at radius 3 is 2.15 bits per heavy atom. The molecule has 0 radical (unpaired) electrons. The quantitative estimate of drug-likeness (QED) is 0.620. The predicted molar refractivity (Wildman–Crippen MR) is 103 cm³/mol. The lowest BCUT2D eigenvalue weighted by Gasteiger charge is -2.24. The van der Waals surface area contributed by atoms with Crippen LogP contribution in [-0.2, 0) is 14.3 Å². The van der Waals surface area contributed by atoms with Gasteiger partial charge in [0.1, 0.15) is 18.8 Å². The van der Waals surface area contributed by atoms with Gasteiger partial charge in [-0.15, -0.1) is 0 Å². The van der Waals surface area contributed by atoms with Crippen LogP contribution in [0.25, 0.3) is 11.1 Å². The molecular formula is C22H23NO4. The van der Waals surface area contributed by atoms with Gasteiger partial charge in [-0.05, 0) is 36.1 Å². The van der Waals surface area contributed by atoms with Crippen LogP contribution in [0, 0.1) is 0 Å². The number of alkyl carbamates (subject to hydrolysis) is 1. The summed E-state index contributed by atoms with van der Waals surface area (Å²) in [5.74, 6) is -0.574. The van der Waals surface area contributed by atoms with Crippen molar-refractivity contribution in [1.82, 2.24) is 5.32 Å². The summed E-state index contributed by atoms with van der Waals surface area (Å²) < 4.78 is 10.5. The van der Waals surface area contributed by atoms with E-state index in [2.05, 4.69) is 36.2 Å². The molecule has 2 aromatic carbocycles. The summed E-state index contributed by atoms with van der Waals surface area (Å²) in [4.78, 5) is 24.3. The van der Waals surface area contributed by atoms with Crippen LogP contribution in [0.4, 0.5) is 4.79 Å². The van der Waals surface area contributed by atoms with E-state index in [0.717, 1.165) is 22.3 Å². The van der Waals surface area contributed by atoms with E-state index in [1.807, 2.05) is 24.3 Å². The molecule has 0 aromatic heterocycles. The van der Waals surface area contributed by atoms with Crippen LogP contribution < -0.4 is 5.32 Å². The molecule has 140 valence electrons. The number of ether oxygens (including phenoxy) is 2. The van der Waals surface area contributed by atoms with Gasteiger partial charge in [-0.3, -0.25) is 0 Å². The fraction of sp³-hybridized carbons (Fsp3) is 0.273. The van der Waals surface area contributed by atoms with E-state index >= 15 is 0 Å². The normalized spacial score (nSPS) is 12.7. The molecule has 1 aliphatic carbocycles. The fourth-order valence-corrected chi connectivity index (χ4v) is 3.26. The Hall–Kier alpha value is -3.08. The lowest BCUT2D eigenvalue weighted by molar-refractivity contribution is -0.148. The molecule has 0 spiro atoms. The second kappa shape index (κ2) is 7.66. The highest BCUT2D eigenvalue weighted by molar-refractivity contribution is 5.85. The van der Waals surface area contributed by atoms with Crippen molar-refractivity contribution in [3.63, 3.8) is 0 Å². The first-order valence-corrected chi connectivity index (χ1v) is 8.85. The van der Waals surface area contributed by atoms with Gasteiger partial charge in [-0.2, -0.15) is 0 Å². The Morgan fingerprint density at radius 1 is 1.04 bits per heavy atom. The van der Waals surface area contributed by atoms with Gasteiger partial charge in [-0.25, -0.2) is 9.59 Å². The molecule has 0 atom stereocenters. The van der Waals surface area contributed by atoms with Crippen LogP contribution in [0.2, 0.25) is 0 Å². The Labute approximate surface area is 159 Å². The van der Waals surface area contributed by atoms with Crippen LogP contribution in [0.15, 0.2) is 61.2 Å². The van der Waals surface area contributed by atoms with Gasteiger partial charge in [0, 0.05) is 5.92 Å². The standard InChI is InChI=1S/C22H23NO4/c1-4-13-26-20(24)22(2,3)23-21(25)27-14-19-17-11-7-5-9-15(17)16-10-6-8-12-18(16)19/h4-12,19H,1,13-14H2,2-3H3,(H,23,25). The number of amides is 1. The number of benzene rings is 2. The molecule has 1 aliphatic rings. The van der Waals surface area contributed by atoms with Crippen LogP contribution in [-0.4, -0.2) is 30.8 Å². The van der Waals surface area contributed by atoms with Crippen LogP contribution in [0.1, 0.15) is 30.9 Å². The molecule has 0 fully saturated rings. The van der Waals surface area contributed by atoms with Crippen LogP contribution in [0.5, 0.6) is 0 Å². The zero-order valence-electron chi connectivity index (χ0n) is 15.5. The minimum Gasteiger partial charge on any atom is -0.460 e. The molecule has 0 aliphatic heterocycles. The second-order valence-corrected chi connectivity index (χ2v) is 6.96. The average molecular weight is 365 g/mol. The molecule has 0 saturated heterocycles. The van der Waals surface area contributed by atoms with Crippen molar-refractivity contribution in [3.05, 3.63) is 72.3 Å². The summed E-state index contributed by atoms with van der Waals surface area (Å²) in [6.45, 7) is 6.92. The molecule has 2 aromatic rings. The smallest absolute Gasteiger partial charge is 0.408 e. The molecule has 1 amide bonds. The third kappa shape index (κ3) is 3.87. The summed E-state index contributed by atoms with van der Waals surface area (Å²) in [5, 5.41) is 2.57. The van der Waals surface area contributed by atoms with Gasteiger partial charge in [-0.1, -0.05) is 61.2 Å². The molecular weight excluding hydrogens is 342 g/mol. The maximum atomic E-state index is 12.3. The lowest BCUT2D eigenvalue weighted by Crippen LogP contribution is -2.51. The number of esters is 1. The number of carbonyl (C=O) groups is 2. The molecule has 0 saturated carbocycles. The zero-order chi connectivity index (χ0) is 19.4. The van der Waals surface area contributed by atoms with Gasteiger partial charge in [0.15, 0.2) is 0 Å². The van der Waals surface area contributed by atoms with Gasteiger partial charge in [0.25, 0.3) is 0 Å². The molecule has 0 bridgehead atoms. The number of fused-ring (bicyclic) bond motifs is 3. The highest BCUT2D eigenvalue weighted by atomic mass is 16.6. The van der Waals surface area contributed by atoms with E-state index < -0.39 is 17.6 Å². The molecule has 3 rings (SSSR count). The van der Waals surface area contributed by atoms with Crippen molar-refractivity contribution < 1.29 is 19.1 Å². The average Bonchev–Trinajstić information content (AvgIpc) is 2.98. The van der Waals surface area contributed by atoms with Gasteiger partial charge < -0.3 is 14.8 Å². The van der Waals surface area contributed by atoms with Crippen molar-refractivity contribution in [2.75, 3.05) is 13.2 Å². The molecule has 27 heavy (non-hydrogen) atoms. The minimum atomic E-state index is -1.19. The first-order chi connectivity index (χ1) is 12.9. The van der Waals surface area contributed by atoms with E-state index in [4.69, 9.17) is 9.47 Å². The Morgan fingerprint density at radius 2 is 1.59 bits per heavy atom. The van der Waals surface area contributed by atoms with Crippen molar-refractivity contribution in [2.45, 2.75) is 25.3 Å². The number of hydrogen-bond acceptors (Lipinski definition) is 4. The fourth-order valence-electron chi connectivity index (χ4n) is 3.26. The first kappa shape index (κ1) is 18.7. The third-order valence-electron chi connectivity index (χ3n) is 4.60. The highest BCUT2D eigenvalue weighted by Crippen LogP contribution is 2.44. The van der Waals surface area contributed by atoms with Crippen LogP contribution >= 0.6 is 0 Å². The van der Waals surface area contributed by atoms with Crippen LogP contribution in [0.3, 0.4) is 0 Å². The lowest BCUT2D eigenvalue weighted by atomic mass is 9.98. The van der Waals surface area contributed by atoms with Gasteiger partial charge in [0.05, 0.1) is 0 Å². The van der Waals surface area contributed by atoms with Crippen molar-refractivity contribution in [1.29, 1.82) is 0 Å². The van der Waals surface area contributed by atoms with Gasteiger partial charge >= 0.3 is 12.1 Å². The summed E-state index contributed by atoms with van der Waals surface area (Å²) in [5.41, 5.74) is 3.41. The number of carbonyl (C=O) groups excluding carboxylic acids is 2. The monoisotopic (exact) mass is 365 g/mol. The van der Waals surface area contributed by atoms with E-state index in [0.29, 0.717) is 0 Å². The number of hydrogen-bond donors (Lipinski definition) is 1. The van der Waals surface area contributed by atoms with Crippen molar-refractivity contribution in [3.8, 4) is 11.1 Å². The maximum absolute atomic E-state index is 12.3. The van der Waals surface area contributed by atoms with Gasteiger partial charge in [0.2, 0.25) is 0 Å². The summed E-state index contributed by atoms with van der Waals surface area (Å²) in [6, 6.07) is 16.2. The largest absolute Gasteiger partial charge is 0.460 e. The molecule has 1 N–H and O–H groups in total. The molecule has 0 unspecified atom stereocenters. The SMILES string of the molecule is C=CCOC(=O)C(C)(C)NC(=O)OCC1c2ccccc2-c2ccccc21. The maximum Gasteiger partial charge on any atom is 0.408 e. The highest BCUT2D eigenvalue weighted by Gasteiger charge is 2.33. The Kier molecular flexibility index (Phi) is 5.31. The minimum absolute atomic E-state index is 0.0287. The summed E-state index contributed by atoms with van der Waals surface area (Å²) in [6.07, 6.45) is 0.818. The Bertz CT molecular complexity index is 827. The van der Waals surface area contributed by atoms with Crippen molar-refractivity contribution in [2.24, 2.45) is 0 Å². The second-order valence-electron chi connectivity index (χ2n) is 6.96. The van der Waals surface area contributed by atoms with E-state index in [9.17, 15) is 9.59 Å². The molecule has 5 nitrogen and oxygen atoms in total. The van der Waals surface area contributed by atoms with E-state index in [1.165, 1.54) is 6.08 Å². The molecule has 0 heterocycles.